The average Bonchev–Trinajstić information content (AvgIpc) is 3.07. The fourth-order valence-electron chi connectivity index (χ4n) is 2.63. The van der Waals surface area contributed by atoms with E-state index in [9.17, 15) is 4.79 Å². The highest BCUT2D eigenvalue weighted by Crippen LogP contribution is 2.20. The monoisotopic (exact) mass is 329 g/mol. The number of benzene rings is 1. The Balaban J connectivity index is 1.85. The molecule has 1 unspecified atom stereocenters. The molecule has 0 saturated carbocycles. The molecule has 0 fully saturated rings. The van der Waals surface area contributed by atoms with E-state index in [0.29, 0.717) is 0 Å². The molecule has 1 aromatic carbocycles. The molecule has 130 valence electrons. The van der Waals surface area contributed by atoms with E-state index in [2.05, 4.69) is 21.8 Å². The number of aromatic nitrogens is 2. The smallest absolute Gasteiger partial charge is 0.221 e. The number of anilines is 1. The minimum Gasteiger partial charge on any atom is -0.490 e. The molecule has 0 aliphatic rings. The van der Waals surface area contributed by atoms with Gasteiger partial charge in [0.1, 0.15) is 5.75 Å². The first-order chi connectivity index (χ1) is 11.7. The Kier molecular flexibility index (Phi) is 7.33. The lowest BCUT2D eigenvalue weighted by Gasteiger charge is -2.19. The van der Waals surface area contributed by atoms with Gasteiger partial charge in [-0.1, -0.05) is 19.8 Å². The Morgan fingerprint density at radius 2 is 2.00 bits per heavy atom. The molecule has 2 rings (SSSR count). The van der Waals surface area contributed by atoms with Gasteiger partial charge in [-0.25, -0.2) is 4.98 Å². The number of aryl methyl sites for hydroxylation is 1. The lowest BCUT2D eigenvalue weighted by Crippen LogP contribution is -2.17. The predicted molar refractivity (Wildman–Crippen MR) is 96.1 cm³/mol. The van der Waals surface area contributed by atoms with Crippen molar-refractivity contribution in [2.24, 2.45) is 0 Å². The van der Waals surface area contributed by atoms with Crippen LogP contribution in [0.4, 0.5) is 5.69 Å². The van der Waals surface area contributed by atoms with Crippen LogP contribution in [0.15, 0.2) is 43.0 Å². The van der Waals surface area contributed by atoms with Crippen molar-refractivity contribution >= 4 is 11.6 Å². The minimum atomic E-state index is -0.0657. The van der Waals surface area contributed by atoms with Crippen LogP contribution in [-0.4, -0.2) is 21.6 Å². The highest BCUT2D eigenvalue weighted by molar-refractivity contribution is 5.88. The molecule has 1 heterocycles. The summed E-state index contributed by atoms with van der Waals surface area (Å²) in [6, 6.07) is 7.58. The molecule has 1 N–H and O–H groups in total. The van der Waals surface area contributed by atoms with Crippen molar-refractivity contribution in [3.8, 4) is 5.75 Å². The van der Waals surface area contributed by atoms with Crippen molar-refractivity contribution < 1.29 is 9.53 Å². The molecule has 2 aromatic rings. The topological polar surface area (TPSA) is 56.1 Å². The SMILES string of the molecule is CCCCC(CCCn1ccnc1)Oc1ccc(NC(C)=O)cc1. The number of amides is 1. The lowest BCUT2D eigenvalue weighted by atomic mass is 10.1. The average molecular weight is 329 g/mol. The van der Waals surface area contributed by atoms with Gasteiger partial charge in [0.05, 0.1) is 12.4 Å². The molecule has 24 heavy (non-hydrogen) atoms. The minimum absolute atomic E-state index is 0.0657. The van der Waals surface area contributed by atoms with Crippen LogP contribution >= 0.6 is 0 Å². The summed E-state index contributed by atoms with van der Waals surface area (Å²) in [6.07, 6.45) is 11.4. The molecule has 0 aliphatic carbocycles. The quantitative estimate of drug-likeness (QED) is 0.708. The van der Waals surface area contributed by atoms with Gasteiger partial charge in [-0.05, 0) is 43.5 Å². The second kappa shape index (κ2) is 9.75. The third-order valence-corrected chi connectivity index (χ3v) is 3.86. The third kappa shape index (κ3) is 6.44. The van der Waals surface area contributed by atoms with Crippen LogP contribution in [0, 0.1) is 0 Å². The number of ether oxygens (including phenoxy) is 1. The van der Waals surface area contributed by atoms with Gasteiger partial charge in [0.15, 0.2) is 0 Å². The van der Waals surface area contributed by atoms with Crippen LogP contribution in [0.5, 0.6) is 5.75 Å². The molecule has 1 atom stereocenters. The number of hydrogen-bond donors (Lipinski definition) is 1. The summed E-state index contributed by atoms with van der Waals surface area (Å²) in [6.45, 7) is 4.67. The van der Waals surface area contributed by atoms with E-state index < -0.39 is 0 Å². The molecule has 0 bridgehead atoms. The number of nitrogens with zero attached hydrogens (tertiary/aromatic N) is 2. The van der Waals surface area contributed by atoms with E-state index in [1.165, 1.54) is 19.8 Å². The maximum atomic E-state index is 11.1. The van der Waals surface area contributed by atoms with Gasteiger partial charge >= 0.3 is 0 Å². The van der Waals surface area contributed by atoms with Crippen LogP contribution in [0.3, 0.4) is 0 Å². The number of carbonyl (C=O) groups is 1. The Morgan fingerprint density at radius 3 is 2.62 bits per heavy atom. The van der Waals surface area contributed by atoms with Gasteiger partial charge < -0.3 is 14.6 Å². The second-order valence-corrected chi connectivity index (χ2v) is 6.03. The first-order valence-corrected chi connectivity index (χ1v) is 8.67. The standard InChI is InChI=1S/C19H27N3O2/c1-3-4-6-18(7-5-13-22-14-12-20-15-22)24-19-10-8-17(9-11-19)21-16(2)23/h8-12,14-15,18H,3-7,13H2,1-2H3,(H,21,23). The third-order valence-electron chi connectivity index (χ3n) is 3.86. The predicted octanol–water partition coefficient (Wildman–Crippen LogP) is 4.26. The van der Waals surface area contributed by atoms with E-state index in [-0.39, 0.29) is 12.0 Å². The number of carbonyl (C=O) groups excluding carboxylic acids is 1. The highest BCUT2D eigenvalue weighted by atomic mass is 16.5. The van der Waals surface area contributed by atoms with Gasteiger partial charge in [-0.3, -0.25) is 4.79 Å². The number of hydrogen-bond acceptors (Lipinski definition) is 3. The van der Waals surface area contributed by atoms with Crippen molar-refractivity contribution in [1.29, 1.82) is 0 Å². The summed E-state index contributed by atoms with van der Waals surface area (Å²) in [5, 5.41) is 2.77. The van der Waals surface area contributed by atoms with Crippen LogP contribution in [0.2, 0.25) is 0 Å². The fraction of sp³-hybridized carbons (Fsp3) is 0.474. The molecule has 0 aliphatic heterocycles. The molecule has 1 aromatic heterocycles. The van der Waals surface area contributed by atoms with E-state index in [4.69, 9.17) is 4.74 Å². The maximum absolute atomic E-state index is 11.1. The summed E-state index contributed by atoms with van der Waals surface area (Å²) in [5.41, 5.74) is 0.792. The largest absolute Gasteiger partial charge is 0.490 e. The van der Waals surface area contributed by atoms with Crippen molar-refractivity contribution in [3.63, 3.8) is 0 Å². The molecular weight excluding hydrogens is 302 g/mol. The Morgan fingerprint density at radius 1 is 1.25 bits per heavy atom. The number of rotatable bonds is 10. The Labute approximate surface area is 144 Å². The van der Waals surface area contributed by atoms with Crippen LogP contribution in [-0.2, 0) is 11.3 Å². The first kappa shape index (κ1) is 18.0. The second-order valence-electron chi connectivity index (χ2n) is 6.03. The van der Waals surface area contributed by atoms with Crippen molar-refractivity contribution in [1.82, 2.24) is 9.55 Å². The van der Waals surface area contributed by atoms with Gasteiger partial charge in [-0.2, -0.15) is 0 Å². The van der Waals surface area contributed by atoms with Crippen LogP contribution in [0.25, 0.3) is 0 Å². The van der Waals surface area contributed by atoms with Crippen LogP contribution < -0.4 is 10.1 Å². The highest BCUT2D eigenvalue weighted by Gasteiger charge is 2.10. The van der Waals surface area contributed by atoms with Gasteiger partial charge in [-0.15, -0.1) is 0 Å². The van der Waals surface area contributed by atoms with Crippen LogP contribution in [0.1, 0.15) is 46.0 Å². The van der Waals surface area contributed by atoms with E-state index in [0.717, 1.165) is 37.2 Å². The summed E-state index contributed by atoms with van der Waals surface area (Å²) < 4.78 is 8.25. The van der Waals surface area contributed by atoms with E-state index in [1.807, 2.05) is 43.0 Å². The first-order valence-electron chi connectivity index (χ1n) is 8.67. The Hall–Kier alpha value is -2.30. The molecule has 0 spiro atoms. The van der Waals surface area contributed by atoms with Gasteiger partial charge in [0.2, 0.25) is 5.91 Å². The van der Waals surface area contributed by atoms with Crippen molar-refractivity contribution in [2.45, 2.75) is 58.6 Å². The number of nitrogens with one attached hydrogen (secondary N) is 1. The van der Waals surface area contributed by atoms with Gasteiger partial charge in [0, 0.05) is 31.5 Å². The molecule has 5 nitrogen and oxygen atoms in total. The van der Waals surface area contributed by atoms with Crippen molar-refractivity contribution in [2.75, 3.05) is 5.32 Å². The number of imidazole rings is 1. The molecule has 0 saturated heterocycles. The lowest BCUT2D eigenvalue weighted by molar-refractivity contribution is -0.114. The van der Waals surface area contributed by atoms with E-state index >= 15 is 0 Å². The van der Waals surface area contributed by atoms with E-state index in [1.54, 1.807) is 0 Å². The zero-order valence-corrected chi connectivity index (χ0v) is 14.6. The maximum Gasteiger partial charge on any atom is 0.221 e. The molecule has 5 heteroatoms. The summed E-state index contributed by atoms with van der Waals surface area (Å²) in [4.78, 5) is 15.1. The molecular formula is C19H27N3O2. The van der Waals surface area contributed by atoms with Crippen molar-refractivity contribution in [3.05, 3.63) is 43.0 Å². The zero-order chi connectivity index (χ0) is 17.2. The number of unbranched alkanes of at least 4 members (excludes halogenated alkanes) is 1. The summed E-state index contributed by atoms with van der Waals surface area (Å²) in [5.74, 6) is 0.789. The zero-order valence-electron chi connectivity index (χ0n) is 14.6. The Bertz CT molecular complexity index is 594. The van der Waals surface area contributed by atoms with Gasteiger partial charge in [0.25, 0.3) is 0 Å². The molecule has 0 radical (unpaired) electrons. The summed E-state index contributed by atoms with van der Waals surface area (Å²) >= 11 is 0. The summed E-state index contributed by atoms with van der Waals surface area (Å²) in [7, 11) is 0. The fourth-order valence-corrected chi connectivity index (χ4v) is 2.63. The normalized spacial score (nSPS) is 11.9. The molecule has 1 amide bonds.